The van der Waals surface area contributed by atoms with E-state index in [1.807, 2.05) is 37.3 Å². The van der Waals surface area contributed by atoms with Crippen LogP contribution in [0.25, 0.3) is 17.1 Å². The van der Waals surface area contributed by atoms with Crippen LogP contribution in [0.2, 0.25) is 5.02 Å². The lowest BCUT2D eigenvalue weighted by atomic mass is 10.2. The van der Waals surface area contributed by atoms with Gasteiger partial charge < -0.3 is 0 Å². The van der Waals surface area contributed by atoms with Crippen molar-refractivity contribution in [3.63, 3.8) is 0 Å². The van der Waals surface area contributed by atoms with Crippen LogP contribution in [-0.4, -0.2) is 24.7 Å². The number of benzene rings is 1. The fraction of sp³-hybridized carbons (Fsp3) is 0.238. The van der Waals surface area contributed by atoms with Crippen LogP contribution in [0, 0.1) is 6.92 Å². The van der Waals surface area contributed by atoms with Crippen LogP contribution < -0.4 is 0 Å². The van der Waals surface area contributed by atoms with E-state index in [9.17, 15) is 0 Å². The predicted octanol–water partition coefficient (Wildman–Crippen LogP) is 5.99. The van der Waals surface area contributed by atoms with Crippen LogP contribution in [0.4, 0.5) is 0 Å². The third-order valence-electron chi connectivity index (χ3n) is 4.46. The number of thiazole rings is 1. The van der Waals surface area contributed by atoms with Crippen molar-refractivity contribution in [1.29, 1.82) is 0 Å². The zero-order valence-corrected chi connectivity index (χ0v) is 18.6. The van der Waals surface area contributed by atoms with Crippen molar-refractivity contribution in [3.8, 4) is 17.1 Å². The van der Waals surface area contributed by atoms with Gasteiger partial charge in [0.25, 0.3) is 0 Å². The topological polar surface area (TPSA) is 56.5 Å². The van der Waals surface area contributed by atoms with E-state index >= 15 is 0 Å². The number of aromatic nitrogens is 5. The molecule has 0 aliphatic carbocycles. The summed E-state index contributed by atoms with van der Waals surface area (Å²) >= 11 is 9.76. The minimum atomic E-state index is 0.719. The molecule has 3 aromatic heterocycles. The van der Waals surface area contributed by atoms with E-state index < -0.39 is 0 Å². The highest BCUT2D eigenvalue weighted by Gasteiger charge is 2.19. The first-order valence-electron chi connectivity index (χ1n) is 9.34. The Morgan fingerprint density at radius 1 is 1.14 bits per heavy atom. The molecule has 29 heavy (non-hydrogen) atoms. The van der Waals surface area contributed by atoms with Crippen molar-refractivity contribution in [2.45, 2.75) is 37.6 Å². The molecule has 0 radical (unpaired) electrons. The second-order valence-electron chi connectivity index (χ2n) is 6.53. The SMILES string of the molecule is CCCc1nc(CSc2nnc(-c3ccncc3)n2-c2cccc(Cl)c2C)cs1. The highest BCUT2D eigenvalue weighted by atomic mass is 35.5. The first-order chi connectivity index (χ1) is 14.2. The van der Waals surface area contributed by atoms with E-state index in [1.54, 1.807) is 35.5 Å². The summed E-state index contributed by atoms with van der Waals surface area (Å²) in [5.41, 5.74) is 4.00. The largest absolute Gasteiger partial charge is 0.270 e. The summed E-state index contributed by atoms with van der Waals surface area (Å²) < 4.78 is 2.07. The summed E-state index contributed by atoms with van der Waals surface area (Å²) in [6.45, 7) is 4.19. The Kier molecular flexibility index (Phi) is 6.28. The van der Waals surface area contributed by atoms with E-state index in [2.05, 4.69) is 32.1 Å². The standard InChI is InChI=1S/C21H20ClN5S2/c1-3-5-19-24-16(12-28-19)13-29-21-26-25-20(15-8-10-23-11-9-15)27(21)18-7-4-6-17(22)14(18)2/h4,6-12H,3,5,13H2,1-2H3. The van der Waals surface area contributed by atoms with Crippen LogP contribution in [0.5, 0.6) is 0 Å². The average Bonchev–Trinajstić information content (AvgIpc) is 3.36. The summed E-state index contributed by atoms with van der Waals surface area (Å²) in [6.07, 6.45) is 5.66. The molecule has 0 bridgehead atoms. The lowest BCUT2D eigenvalue weighted by molar-refractivity contribution is 0.878. The van der Waals surface area contributed by atoms with Gasteiger partial charge in [0.1, 0.15) is 0 Å². The first-order valence-corrected chi connectivity index (χ1v) is 11.6. The highest BCUT2D eigenvalue weighted by Crippen LogP contribution is 2.32. The van der Waals surface area contributed by atoms with E-state index in [-0.39, 0.29) is 0 Å². The molecule has 0 atom stereocenters. The number of thioether (sulfide) groups is 1. The van der Waals surface area contributed by atoms with Crippen LogP contribution >= 0.6 is 34.7 Å². The third-order valence-corrected chi connectivity index (χ3v) is 6.79. The molecular weight excluding hydrogens is 422 g/mol. The Hall–Kier alpha value is -2.22. The molecule has 0 N–H and O–H groups in total. The van der Waals surface area contributed by atoms with Gasteiger partial charge in [-0.2, -0.15) is 0 Å². The summed E-state index contributed by atoms with van der Waals surface area (Å²) in [7, 11) is 0. The second kappa shape index (κ2) is 9.07. The van der Waals surface area contributed by atoms with Gasteiger partial charge in [0.15, 0.2) is 11.0 Å². The number of aryl methyl sites for hydroxylation is 1. The molecule has 0 unspecified atom stereocenters. The number of hydrogen-bond donors (Lipinski definition) is 0. The smallest absolute Gasteiger partial charge is 0.196 e. The number of pyridine rings is 1. The molecule has 0 spiro atoms. The molecule has 1 aromatic carbocycles. The van der Waals surface area contributed by atoms with E-state index in [0.29, 0.717) is 0 Å². The molecule has 0 aliphatic heterocycles. The van der Waals surface area contributed by atoms with Crippen molar-refractivity contribution in [2.24, 2.45) is 0 Å². The molecule has 0 amide bonds. The molecule has 0 fully saturated rings. The van der Waals surface area contributed by atoms with Crippen LogP contribution in [0.3, 0.4) is 0 Å². The molecular formula is C21H20ClN5S2. The molecule has 4 rings (SSSR count). The minimum absolute atomic E-state index is 0.719. The molecule has 0 saturated carbocycles. The second-order valence-corrected chi connectivity index (χ2v) is 8.83. The lowest BCUT2D eigenvalue weighted by Gasteiger charge is -2.13. The van der Waals surface area contributed by atoms with Gasteiger partial charge in [0.05, 0.1) is 16.4 Å². The van der Waals surface area contributed by atoms with Crippen LogP contribution in [0.15, 0.2) is 53.3 Å². The molecule has 4 aromatic rings. The maximum Gasteiger partial charge on any atom is 0.196 e. The van der Waals surface area contributed by atoms with Gasteiger partial charge in [-0.05, 0) is 49.6 Å². The number of halogens is 1. The number of hydrogen-bond acceptors (Lipinski definition) is 6. The van der Waals surface area contributed by atoms with Crippen molar-refractivity contribution in [3.05, 3.63) is 69.4 Å². The van der Waals surface area contributed by atoms with Gasteiger partial charge in [-0.25, -0.2) is 4.98 Å². The average molecular weight is 442 g/mol. The first kappa shape index (κ1) is 20.1. The van der Waals surface area contributed by atoms with Crippen LogP contribution in [-0.2, 0) is 12.2 Å². The van der Waals surface area contributed by atoms with Gasteiger partial charge in [0, 0.05) is 34.1 Å². The normalized spacial score (nSPS) is 11.1. The predicted molar refractivity (Wildman–Crippen MR) is 120 cm³/mol. The van der Waals surface area contributed by atoms with Crippen molar-refractivity contribution < 1.29 is 0 Å². The van der Waals surface area contributed by atoms with Gasteiger partial charge in [0.2, 0.25) is 0 Å². The maximum atomic E-state index is 6.41. The van der Waals surface area contributed by atoms with Gasteiger partial charge in [-0.1, -0.05) is 36.4 Å². The minimum Gasteiger partial charge on any atom is -0.270 e. The summed E-state index contributed by atoms with van der Waals surface area (Å²) in [4.78, 5) is 8.84. The Bertz CT molecular complexity index is 1110. The maximum absolute atomic E-state index is 6.41. The molecule has 0 aliphatic rings. The lowest BCUT2D eigenvalue weighted by Crippen LogP contribution is -2.02. The van der Waals surface area contributed by atoms with Crippen molar-refractivity contribution >= 4 is 34.7 Å². The Labute approximate surface area is 183 Å². The van der Waals surface area contributed by atoms with Crippen molar-refractivity contribution in [1.82, 2.24) is 24.7 Å². The third kappa shape index (κ3) is 4.37. The van der Waals surface area contributed by atoms with Crippen molar-refractivity contribution in [2.75, 3.05) is 0 Å². The van der Waals surface area contributed by atoms with Gasteiger partial charge in [-0.15, -0.1) is 21.5 Å². The fourth-order valence-corrected chi connectivity index (χ4v) is 5.00. The molecule has 3 heterocycles. The number of rotatable bonds is 7. The molecule has 8 heteroatoms. The number of nitrogens with zero attached hydrogens (tertiary/aromatic N) is 5. The summed E-state index contributed by atoms with van der Waals surface area (Å²) in [6, 6.07) is 9.77. The zero-order chi connectivity index (χ0) is 20.2. The van der Waals surface area contributed by atoms with E-state index in [1.165, 1.54) is 5.01 Å². The van der Waals surface area contributed by atoms with E-state index in [4.69, 9.17) is 16.6 Å². The van der Waals surface area contributed by atoms with Gasteiger partial charge in [-0.3, -0.25) is 9.55 Å². The Balaban J connectivity index is 1.72. The monoisotopic (exact) mass is 441 g/mol. The Morgan fingerprint density at radius 3 is 2.76 bits per heavy atom. The highest BCUT2D eigenvalue weighted by molar-refractivity contribution is 7.98. The Morgan fingerprint density at radius 2 is 1.97 bits per heavy atom. The molecule has 5 nitrogen and oxygen atoms in total. The van der Waals surface area contributed by atoms with Crippen LogP contribution in [0.1, 0.15) is 29.6 Å². The quantitative estimate of drug-likeness (QED) is 0.329. The summed E-state index contributed by atoms with van der Waals surface area (Å²) in [5, 5.41) is 13.8. The van der Waals surface area contributed by atoms with Gasteiger partial charge >= 0.3 is 0 Å². The van der Waals surface area contributed by atoms with E-state index in [0.717, 1.165) is 57.1 Å². The molecule has 0 saturated heterocycles. The summed E-state index contributed by atoms with van der Waals surface area (Å²) in [5.74, 6) is 1.51. The fourth-order valence-electron chi connectivity index (χ4n) is 2.99. The molecule has 148 valence electrons. The zero-order valence-electron chi connectivity index (χ0n) is 16.2.